The average molecular weight is 436 g/mol. The van der Waals surface area contributed by atoms with Crippen LogP contribution >= 0.6 is 0 Å². The fraction of sp³-hybridized carbons (Fsp3) is 0.536. The summed E-state index contributed by atoms with van der Waals surface area (Å²) in [5, 5.41) is 9.56. The van der Waals surface area contributed by atoms with Gasteiger partial charge in [0.15, 0.2) is 0 Å². The highest BCUT2D eigenvalue weighted by atomic mass is 16.5. The molecule has 2 aromatic rings. The maximum Gasteiger partial charge on any atom is 0.313 e. The van der Waals surface area contributed by atoms with Crippen LogP contribution in [0.15, 0.2) is 36.4 Å². The van der Waals surface area contributed by atoms with Gasteiger partial charge in [-0.15, -0.1) is 0 Å². The third kappa shape index (κ3) is 4.30. The van der Waals surface area contributed by atoms with Gasteiger partial charge in [-0.25, -0.2) is 0 Å². The molecule has 0 spiro atoms. The number of carboxylic acids is 1. The molecule has 1 N–H and O–H groups in total. The van der Waals surface area contributed by atoms with E-state index in [0.717, 1.165) is 29.8 Å². The largest absolute Gasteiger partial charge is 0.487 e. The highest BCUT2D eigenvalue weighted by Gasteiger charge is 2.41. The van der Waals surface area contributed by atoms with Crippen molar-refractivity contribution >= 4 is 5.97 Å². The van der Waals surface area contributed by atoms with Crippen molar-refractivity contribution in [3.05, 3.63) is 53.1 Å². The summed E-state index contributed by atoms with van der Waals surface area (Å²) in [5.74, 6) is 0.233. The summed E-state index contributed by atoms with van der Waals surface area (Å²) in [6.07, 6.45) is 3.51. The van der Waals surface area contributed by atoms with Crippen LogP contribution in [-0.2, 0) is 22.2 Å². The second kappa shape index (κ2) is 7.62. The van der Waals surface area contributed by atoms with E-state index in [0.29, 0.717) is 6.04 Å². The van der Waals surface area contributed by atoms with Gasteiger partial charge in [0.05, 0.1) is 5.41 Å². The van der Waals surface area contributed by atoms with Gasteiger partial charge in [-0.1, -0.05) is 38.1 Å². The Morgan fingerprint density at radius 3 is 2.28 bits per heavy atom. The van der Waals surface area contributed by atoms with Gasteiger partial charge in [0, 0.05) is 23.7 Å². The Kier molecular flexibility index (Phi) is 5.44. The number of carbonyl (C=O) groups is 1. The molecule has 0 saturated heterocycles. The van der Waals surface area contributed by atoms with E-state index < -0.39 is 11.4 Å². The van der Waals surface area contributed by atoms with Crippen molar-refractivity contribution in [2.75, 3.05) is 7.05 Å². The molecule has 1 heterocycles. The van der Waals surface area contributed by atoms with Crippen LogP contribution in [0.2, 0.25) is 0 Å². The van der Waals surface area contributed by atoms with E-state index in [-0.39, 0.29) is 11.0 Å². The third-order valence-electron chi connectivity index (χ3n) is 7.21. The molecule has 2 aliphatic rings. The molecule has 1 aliphatic heterocycles. The Balaban J connectivity index is 1.79. The number of benzene rings is 2. The monoisotopic (exact) mass is 435 g/mol. The summed E-state index contributed by atoms with van der Waals surface area (Å²) >= 11 is 0. The first-order valence-electron chi connectivity index (χ1n) is 11.7. The van der Waals surface area contributed by atoms with Crippen molar-refractivity contribution in [2.24, 2.45) is 0 Å². The quantitative estimate of drug-likeness (QED) is 0.591. The molecular weight excluding hydrogens is 398 g/mol. The number of hydrogen-bond donors (Lipinski definition) is 1. The molecule has 0 aromatic heterocycles. The van der Waals surface area contributed by atoms with Crippen LogP contribution in [0.1, 0.15) is 77.5 Å². The van der Waals surface area contributed by atoms with E-state index in [2.05, 4.69) is 63.9 Å². The number of nitrogens with zero attached hydrogens (tertiary/aromatic N) is 1. The van der Waals surface area contributed by atoms with Gasteiger partial charge in [-0.3, -0.25) is 9.69 Å². The molecule has 0 atom stereocenters. The standard InChI is InChI=1S/C28H37NO3/c1-26(2)17-27(3,4)32-24-20(16-29(7)22-12-13-22)14-19(15-23(24)26)18-8-10-21(11-9-18)28(5,6)25(30)31/h8-11,14-15,22H,12-13,16-17H2,1-7H3,(H,30,31). The minimum Gasteiger partial charge on any atom is -0.487 e. The highest BCUT2D eigenvalue weighted by molar-refractivity contribution is 5.80. The molecule has 0 unspecified atom stereocenters. The van der Waals surface area contributed by atoms with Crippen LogP contribution in [0.4, 0.5) is 0 Å². The second-order valence-corrected chi connectivity index (χ2v) is 11.6. The summed E-state index contributed by atoms with van der Waals surface area (Å²) in [6, 6.07) is 13.2. The van der Waals surface area contributed by atoms with E-state index in [1.54, 1.807) is 13.8 Å². The van der Waals surface area contributed by atoms with E-state index in [1.807, 2.05) is 12.1 Å². The minimum atomic E-state index is -0.909. The molecule has 0 radical (unpaired) electrons. The van der Waals surface area contributed by atoms with Crippen LogP contribution in [0.3, 0.4) is 0 Å². The van der Waals surface area contributed by atoms with Crippen LogP contribution < -0.4 is 4.74 Å². The van der Waals surface area contributed by atoms with Crippen LogP contribution in [0.25, 0.3) is 11.1 Å². The van der Waals surface area contributed by atoms with Gasteiger partial charge in [0.1, 0.15) is 11.4 Å². The van der Waals surface area contributed by atoms with Gasteiger partial charge in [0.2, 0.25) is 0 Å². The van der Waals surface area contributed by atoms with Crippen molar-refractivity contribution in [3.63, 3.8) is 0 Å². The lowest BCUT2D eigenvalue weighted by Gasteiger charge is -2.43. The lowest BCUT2D eigenvalue weighted by molar-refractivity contribution is -0.142. The molecule has 4 heteroatoms. The van der Waals surface area contributed by atoms with Crippen molar-refractivity contribution in [3.8, 4) is 16.9 Å². The number of aliphatic carboxylic acids is 1. The van der Waals surface area contributed by atoms with Crippen molar-refractivity contribution in [2.45, 2.75) is 89.8 Å². The number of rotatable bonds is 6. The van der Waals surface area contributed by atoms with Crippen LogP contribution in [-0.4, -0.2) is 34.7 Å². The number of carboxylic acid groups (broad SMARTS) is 1. The van der Waals surface area contributed by atoms with Crippen LogP contribution in [0.5, 0.6) is 5.75 Å². The average Bonchev–Trinajstić information content (AvgIpc) is 3.52. The molecular formula is C28H37NO3. The normalized spacial score (nSPS) is 19.4. The van der Waals surface area contributed by atoms with E-state index in [9.17, 15) is 9.90 Å². The van der Waals surface area contributed by atoms with E-state index >= 15 is 0 Å². The SMILES string of the molecule is CN(Cc1cc(-c2ccc(C(C)(C)C(=O)O)cc2)cc2c1OC(C)(C)CC2(C)C)C1CC1. The van der Waals surface area contributed by atoms with Crippen molar-refractivity contribution < 1.29 is 14.6 Å². The number of hydrogen-bond acceptors (Lipinski definition) is 3. The lowest BCUT2D eigenvalue weighted by Crippen LogP contribution is -2.42. The summed E-state index contributed by atoms with van der Waals surface area (Å²) < 4.78 is 6.58. The highest BCUT2D eigenvalue weighted by Crippen LogP contribution is 2.48. The Hall–Kier alpha value is -2.33. The first kappa shape index (κ1) is 22.8. The van der Waals surface area contributed by atoms with E-state index in [4.69, 9.17) is 4.74 Å². The molecule has 0 amide bonds. The van der Waals surface area contributed by atoms with Gasteiger partial charge in [-0.05, 0) is 88.2 Å². The molecule has 1 aliphatic carbocycles. The summed E-state index contributed by atoms with van der Waals surface area (Å²) in [6.45, 7) is 13.4. The zero-order chi connectivity index (χ0) is 23.5. The third-order valence-corrected chi connectivity index (χ3v) is 7.21. The molecule has 1 fully saturated rings. The first-order valence-corrected chi connectivity index (χ1v) is 11.7. The zero-order valence-electron chi connectivity index (χ0n) is 20.6. The molecule has 172 valence electrons. The van der Waals surface area contributed by atoms with Gasteiger partial charge in [0.25, 0.3) is 0 Å². The molecule has 4 rings (SSSR count). The molecule has 0 bridgehead atoms. The van der Waals surface area contributed by atoms with Crippen molar-refractivity contribution in [1.29, 1.82) is 0 Å². The summed E-state index contributed by atoms with van der Waals surface area (Å²) in [5.41, 5.74) is 4.48. The predicted molar refractivity (Wildman–Crippen MR) is 129 cm³/mol. The van der Waals surface area contributed by atoms with Gasteiger partial charge >= 0.3 is 5.97 Å². The Morgan fingerprint density at radius 1 is 1.09 bits per heavy atom. The Morgan fingerprint density at radius 2 is 1.72 bits per heavy atom. The summed E-state index contributed by atoms with van der Waals surface area (Å²) in [4.78, 5) is 14.1. The number of fused-ring (bicyclic) bond motifs is 1. The molecule has 2 aromatic carbocycles. The molecule has 4 nitrogen and oxygen atoms in total. The van der Waals surface area contributed by atoms with Crippen molar-refractivity contribution in [1.82, 2.24) is 4.90 Å². The minimum absolute atomic E-state index is 0.00519. The molecule has 32 heavy (non-hydrogen) atoms. The predicted octanol–water partition coefficient (Wildman–Crippen LogP) is 6.15. The number of ether oxygens (including phenoxy) is 1. The fourth-order valence-corrected chi connectivity index (χ4v) is 5.18. The lowest BCUT2D eigenvalue weighted by atomic mass is 9.72. The van der Waals surface area contributed by atoms with Gasteiger partial charge in [-0.2, -0.15) is 0 Å². The maximum atomic E-state index is 11.6. The Labute approximate surface area is 192 Å². The zero-order valence-corrected chi connectivity index (χ0v) is 20.6. The topological polar surface area (TPSA) is 49.8 Å². The maximum absolute atomic E-state index is 11.6. The van der Waals surface area contributed by atoms with Crippen LogP contribution in [0, 0.1) is 0 Å². The second-order valence-electron chi connectivity index (χ2n) is 11.6. The van der Waals surface area contributed by atoms with E-state index in [1.165, 1.54) is 29.5 Å². The first-order chi connectivity index (χ1) is 14.8. The van der Waals surface area contributed by atoms with Gasteiger partial charge < -0.3 is 9.84 Å². The smallest absolute Gasteiger partial charge is 0.313 e. The molecule has 1 saturated carbocycles. The Bertz CT molecular complexity index is 1030. The summed E-state index contributed by atoms with van der Waals surface area (Å²) in [7, 11) is 2.21. The fourth-order valence-electron chi connectivity index (χ4n) is 5.18.